The predicted molar refractivity (Wildman–Crippen MR) is 101 cm³/mol. The van der Waals surface area contributed by atoms with Gasteiger partial charge in [0.05, 0.1) is 12.3 Å². The SMILES string of the molecule is CC(C)(C)OC(=O)[C@@H]1N=C2c3ccccc3OC[C@@H]2[C@H]1c1ccc(F)cc1. The highest BCUT2D eigenvalue weighted by atomic mass is 19.1. The molecule has 27 heavy (non-hydrogen) atoms. The van der Waals surface area contributed by atoms with E-state index in [0.717, 1.165) is 22.6 Å². The molecule has 0 unspecified atom stereocenters. The van der Waals surface area contributed by atoms with E-state index in [1.807, 2.05) is 45.0 Å². The smallest absolute Gasteiger partial charge is 0.332 e. The summed E-state index contributed by atoms with van der Waals surface area (Å²) in [5.74, 6) is -0.227. The third kappa shape index (κ3) is 3.34. The van der Waals surface area contributed by atoms with E-state index in [1.54, 1.807) is 12.1 Å². The zero-order chi connectivity index (χ0) is 19.2. The van der Waals surface area contributed by atoms with Gasteiger partial charge in [-0.3, -0.25) is 4.99 Å². The second-order valence-electron chi connectivity index (χ2n) is 7.98. The van der Waals surface area contributed by atoms with Crippen LogP contribution < -0.4 is 4.74 Å². The molecule has 2 aliphatic heterocycles. The van der Waals surface area contributed by atoms with Crippen molar-refractivity contribution in [2.24, 2.45) is 10.9 Å². The quantitative estimate of drug-likeness (QED) is 0.750. The van der Waals surface area contributed by atoms with Crippen LogP contribution >= 0.6 is 0 Å². The molecule has 4 rings (SSSR count). The van der Waals surface area contributed by atoms with Gasteiger partial charge in [-0.2, -0.15) is 0 Å². The molecule has 0 N–H and O–H groups in total. The van der Waals surface area contributed by atoms with E-state index in [2.05, 4.69) is 0 Å². The van der Waals surface area contributed by atoms with Crippen molar-refractivity contribution in [3.05, 3.63) is 65.5 Å². The van der Waals surface area contributed by atoms with Gasteiger partial charge in [-0.25, -0.2) is 9.18 Å². The predicted octanol–water partition coefficient (Wildman–Crippen LogP) is 4.13. The van der Waals surface area contributed by atoms with Crippen LogP contribution in [-0.2, 0) is 9.53 Å². The first-order valence-electron chi connectivity index (χ1n) is 9.12. The molecule has 3 atom stereocenters. The summed E-state index contributed by atoms with van der Waals surface area (Å²) in [6.45, 7) is 5.94. The first kappa shape index (κ1) is 17.7. The van der Waals surface area contributed by atoms with Gasteiger partial charge in [0, 0.05) is 17.4 Å². The third-order valence-electron chi connectivity index (χ3n) is 4.89. The minimum atomic E-state index is -0.676. The van der Waals surface area contributed by atoms with Crippen LogP contribution in [0.15, 0.2) is 53.5 Å². The molecule has 0 bridgehead atoms. The zero-order valence-electron chi connectivity index (χ0n) is 15.6. The maximum absolute atomic E-state index is 13.4. The van der Waals surface area contributed by atoms with Crippen molar-refractivity contribution in [3.63, 3.8) is 0 Å². The number of ether oxygens (including phenoxy) is 2. The van der Waals surface area contributed by atoms with Gasteiger partial charge in [0.25, 0.3) is 0 Å². The highest BCUT2D eigenvalue weighted by Gasteiger charge is 2.47. The van der Waals surface area contributed by atoms with E-state index in [0.29, 0.717) is 6.61 Å². The Balaban J connectivity index is 1.77. The summed E-state index contributed by atoms with van der Waals surface area (Å²) in [5, 5.41) is 0. The average Bonchev–Trinajstić information content (AvgIpc) is 3.01. The summed E-state index contributed by atoms with van der Waals surface area (Å²) < 4.78 is 25.0. The van der Waals surface area contributed by atoms with E-state index in [9.17, 15) is 9.18 Å². The van der Waals surface area contributed by atoms with Crippen molar-refractivity contribution in [1.82, 2.24) is 0 Å². The monoisotopic (exact) mass is 367 g/mol. The Kier molecular flexibility index (Phi) is 4.25. The largest absolute Gasteiger partial charge is 0.492 e. The average molecular weight is 367 g/mol. The molecule has 2 aromatic carbocycles. The Morgan fingerprint density at radius 2 is 1.85 bits per heavy atom. The summed E-state index contributed by atoms with van der Waals surface area (Å²) in [5.41, 5.74) is 2.03. The number of hydrogen-bond donors (Lipinski definition) is 0. The minimum absolute atomic E-state index is 0.0807. The summed E-state index contributed by atoms with van der Waals surface area (Å²) in [6, 6.07) is 13.3. The van der Waals surface area contributed by atoms with E-state index in [1.165, 1.54) is 12.1 Å². The fraction of sp³-hybridized carbons (Fsp3) is 0.364. The molecule has 0 aliphatic carbocycles. The van der Waals surface area contributed by atoms with Crippen LogP contribution in [0.25, 0.3) is 0 Å². The number of hydrogen-bond acceptors (Lipinski definition) is 4. The number of benzene rings is 2. The Morgan fingerprint density at radius 3 is 2.56 bits per heavy atom. The molecule has 0 saturated heterocycles. The van der Waals surface area contributed by atoms with Gasteiger partial charge in [0.1, 0.15) is 17.2 Å². The molecule has 2 aliphatic rings. The molecule has 2 aromatic rings. The number of esters is 1. The van der Waals surface area contributed by atoms with Crippen molar-refractivity contribution in [1.29, 1.82) is 0 Å². The molecule has 0 amide bonds. The van der Waals surface area contributed by atoms with Gasteiger partial charge < -0.3 is 9.47 Å². The summed E-state index contributed by atoms with van der Waals surface area (Å²) in [4.78, 5) is 17.7. The summed E-state index contributed by atoms with van der Waals surface area (Å²) in [6.07, 6.45) is 0. The Morgan fingerprint density at radius 1 is 1.15 bits per heavy atom. The lowest BCUT2D eigenvalue weighted by Gasteiger charge is -2.29. The molecular weight excluding hydrogens is 345 g/mol. The van der Waals surface area contributed by atoms with Gasteiger partial charge in [0.15, 0.2) is 6.04 Å². The van der Waals surface area contributed by atoms with Gasteiger partial charge in [-0.1, -0.05) is 24.3 Å². The second-order valence-corrected chi connectivity index (χ2v) is 7.98. The van der Waals surface area contributed by atoms with E-state index in [4.69, 9.17) is 14.5 Å². The maximum atomic E-state index is 13.4. The summed E-state index contributed by atoms with van der Waals surface area (Å²) in [7, 11) is 0. The van der Waals surface area contributed by atoms with Crippen molar-refractivity contribution in [2.45, 2.75) is 38.3 Å². The molecule has 0 aromatic heterocycles. The molecule has 140 valence electrons. The molecule has 2 heterocycles. The van der Waals surface area contributed by atoms with Crippen LogP contribution in [0.5, 0.6) is 5.75 Å². The van der Waals surface area contributed by atoms with E-state index < -0.39 is 11.6 Å². The number of fused-ring (bicyclic) bond motifs is 3. The summed E-state index contributed by atoms with van der Waals surface area (Å²) >= 11 is 0. The number of aliphatic imine (C=N–C) groups is 1. The van der Waals surface area contributed by atoms with Crippen LogP contribution in [0.4, 0.5) is 4.39 Å². The maximum Gasteiger partial charge on any atom is 0.332 e. The van der Waals surface area contributed by atoms with Gasteiger partial charge in [-0.05, 0) is 50.6 Å². The zero-order valence-corrected chi connectivity index (χ0v) is 15.6. The molecule has 5 heteroatoms. The van der Waals surface area contributed by atoms with Crippen molar-refractivity contribution in [3.8, 4) is 5.75 Å². The molecule has 0 radical (unpaired) electrons. The highest BCUT2D eigenvalue weighted by Crippen LogP contribution is 2.43. The fourth-order valence-electron chi connectivity index (χ4n) is 3.81. The topological polar surface area (TPSA) is 47.9 Å². The second kappa shape index (κ2) is 6.48. The fourth-order valence-corrected chi connectivity index (χ4v) is 3.81. The lowest BCUT2D eigenvalue weighted by atomic mass is 9.79. The van der Waals surface area contributed by atoms with Gasteiger partial charge in [-0.15, -0.1) is 0 Å². The van der Waals surface area contributed by atoms with Crippen LogP contribution in [0, 0.1) is 11.7 Å². The minimum Gasteiger partial charge on any atom is -0.492 e. The van der Waals surface area contributed by atoms with Crippen LogP contribution in [-0.4, -0.2) is 29.9 Å². The number of carbonyl (C=O) groups is 1. The first-order chi connectivity index (χ1) is 12.8. The number of para-hydroxylation sites is 1. The van der Waals surface area contributed by atoms with Crippen LogP contribution in [0.2, 0.25) is 0 Å². The number of nitrogens with zero attached hydrogens (tertiary/aromatic N) is 1. The number of carbonyl (C=O) groups excluding carboxylic acids is 1. The van der Waals surface area contributed by atoms with Crippen molar-refractivity contribution >= 4 is 11.7 Å². The lowest BCUT2D eigenvalue weighted by Crippen LogP contribution is -2.36. The van der Waals surface area contributed by atoms with Crippen molar-refractivity contribution < 1.29 is 18.7 Å². The molecule has 4 nitrogen and oxygen atoms in total. The van der Waals surface area contributed by atoms with E-state index >= 15 is 0 Å². The van der Waals surface area contributed by atoms with Gasteiger partial charge >= 0.3 is 5.97 Å². The molecule has 0 saturated carbocycles. The van der Waals surface area contributed by atoms with Crippen molar-refractivity contribution in [2.75, 3.05) is 6.61 Å². The molecule has 0 fully saturated rings. The third-order valence-corrected chi connectivity index (χ3v) is 4.89. The van der Waals surface area contributed by atoms with Gasteiger partial charge in [0.2, 0.25) is 0 Å². The Bertz CT molecular complexity index is 899. The standard InChI is InChI=1S/C22H22FNO3/c1-22(2,3)27-21(25)20-18(13-8-10-14(23)11-9-13)16-12-26-17-7-5-4-6-15(17)19(16)24-20/h4-11,16,18,20H,12H2,1-3H3/t16-,18-,20-/m1/s1. The van der Waals surface area contributed by atoms with Crippen LogP contribution in [0.3, 0.4) is 0 Å². The highest BCUT2D eigenvalue weighted by molar-refractivity contribution is 6.09. The number of halogens is 1. The number of rotatable bonds is 2. The Labute approximate surface area is 158 Å². The molecule has 0 spiro atoms. The van der Waals surface area contributed by atoms with E-state index in [-0.39, 0.29) is 23.6 Å². The molecular formula is C22H22FNO3. The first-order valence-corrected chi connectivity index (χ1v) is 9.12. The normalized spacial score (nSPS) is 23.7. The van der Waals surface area contributed by atoms with Crippen LogP contribution in [0.1, 0.15) is 37.8 Å². The Hall–Kier alpha value is -2.69. The lowest BCUT2D eigenvalue weighted by molar-refractivity contribution is -0.156.